The number of aliphatic carboxylic acids is 1. The monoisotopic (exact) mass is 476 g/mol. The van der Waals surface area contributed by atoms with Crippen LogP contribution in [-0.4, -0.2) is 68.2 Å². The first-order valence-electron chi connectivity index (χ1n) is 11.2. The predicted molar refractivity (Wildman–Crippen MR) is 125 cm³/mol. The van der Waals surface area contributed by atoms with Gasteiger partial charge in [0.15, 0.2) is 5.82 Å². The van der Waals surface area contributed by atoms with Gasteiger partial charge in [0.2, 0.25) is 0 Å². The molecule has 1 aliphatic carbocycles. The van der Waals surface area contributed by atoms with E-state index in [1.807, 2.05) is 36.4 Å². The highest BCUT2D eigenvalue weighted by atomic mass is 16.5. The number of aliphatic hydroxyl groups excluding tert-OH is 1. The molecule has 10 heteroatoms. The van der Waals surface area contributed by atoms with E-state index in [1.54, 1.807) is 0 Å². The van der Waals surface area contributed by atoms with Gasteiger partial charge in [0.05, 0.1) is 6.10 Å². The maximum Gasteiger partial charge on any atom is 0.412 e. The number of hydrogen-bond acceptors (Lipinski definition) is 6. The molecule has 1 aromatic heterocycles. The van der Waals surface area contributed by atoms with Gasteiger partial charge in [-0.25, -0.2) is 9.59 Å². The SMILES string of the molecule is Cn1nc(NC(=O)OCC2c3ccccc3-c3ccccc32)cc1C(=O)N1C[C@@H](O)C[C@H]1C(=O)O. The van der Waals surface area contributed by atoms with Crippen molar-refractivity contribution in [1.29, 1.82) is 0 Å². The Kier molecular flexibility index (Phi) is 5.73. The standard InChI is InChI=1S/C25H24N4O6/c1-28-20(23(31)29-12-14(30)10-21(29)24(32)33)11-22(27-28)26-25(34)35-13-19-17-8-4-2-6-15(17)16-7-3-5-9-18(16)19/h2-9,11,14,19,21,30H,10,12-13H2,1H3,(H,32,33)(H,26,27,34)/t14-,21-/m0/s1. The van der Waals surface area contributed by atoms with Crippen molar-refractivity contribution < 1.29 is 29.3 Å². The fourth-order valence-electron chi connectivity index (χ4n) is 4.89. The molecule has 35 heavy (non-hydrogen) atoms. The molecule has 2 heterocycles. The van der Waals surface area contributed by atoms with Crippen LogP contribution in [0.3, 0.4) is 0 Å². The summed E-state index contributed by atoms with van der Waals surface area (Å²) in [5.74, 6) is -1.78. The van der Waals surface area contributed by atoms with Gasteiger partial charge in [-0.3, -0.25) is 14.8 Å². The molecule has 180 valence electrons. The van der Waals surface area contributed by atoms with Gasteiger partial charge >= 0.3 is 12.1 Å². The van der Waals surface area contributed by atoms with Gasteiger partial charge in [0.1, 0.15) is 18.3 Å². The van der Waals surface area contributed by atoms with Crippen molar-refractivity contribution >= 4 is 23.8 Å². The average molecular weight is 476 g/mol. The number of rotatable bonds is 5. The lowest BCUT2D eigenvalue weighted by Gasteiger charge is -2.20. The molecule has 2 aliphatic rings. The Morgan fingerprint density at radius 3 is 2.34 bits per heavy atom. The molecule has 0 spiro atoms. The quantitative estimate of drug-likeness (QED) is 0.515. The minimum Gasteiger partial charge on any atom is -0.480 e. The molecule has 1 aliphatic heterocycles. The van der Waals surface area contributed by atoms with E-state index in [-0.39, 0.29) is 37.0 Å². The summed E-state index contributed by atoms with van der Waals surface area (Å²) in [6.07, 6.45) is -1.67. The number of fused-ring (bicyclic) bond motifs is 3. The van der Waals surface area contributed by atoms with Crippen LogP contribution in [0.25, 0.3) is 11.1 Å². The van der Waals surface area contributed by atoms with Crippen LogP contribution < -0.4 is 5.32 Å². The van der Waals surface area contributed by atoms with Crippen LogP contribution in [0.1, 0.15) is 34.0 Å². The zero-order valence-corrected chi connectivity index (χ0v) is 18.9. The Morgan fingerprint density at radius 2 is 1.71 bits per heavy atom. The molecule has 3 N–H and O–H groups in total. The van der Waals surface area contributed by atoms with Gasteiger partial charge in [-0.2, -0.15) is 5.10 Å². The number of carboxylic acid groups (broad SMARTS) is 1. The zero-order chi connectivity index (χ0) is 24.7. The van der Waals surface area contributed by atoms with E-state index in [9.17, 15) is 24.6 Å². The van der Waals surface area contributed by atoms with Gasteiger partial charge < -0.3 is 19.8 Å². The second kappa shape index (κ2) is 8.88. The number of hydrogen-bond donors (Lipinski definition) is 3. The first-order chi connectivity index (χ1) is 16.8. The van der Waals surface area contributed by atoms with E-state index in [2.05, 4.69) is 22.5 Å². The molecule has 0 bridgehead atoms. The summed E-state index contributed by atoms with van der Waals surface area (Å²) in [7, 11) is 1.51. The topological polar surface area (TPSA) is 134 Å². The highest BCUT2D eigenvalue weighted by Gasteiger charge is 2.40. The van der Waals surface area contributed by atoms with Crippen LogP contribution in [0.5, 0.6) is 0 Å². The van der Waals surface area contributed by atoms with Crippen molar-refractivity contribution in [3.63, 3.8) is 0 Å². The molecule has 5 rings (SSSR count). The van der Waals surface area contributed by atoms with Crippen molar-refractivity contribution in [2.45, 2.75) is 24.5 Å². The second-order valence-corrected chi connectivity index (χ2v) is 8.69. The zero-order valence-electron chi connectivity index (χ0n) is 18.9. The Labute approximate surface area is 200 Å². The molecule has 1 saturated heterocycles. The van der Waals surface area contributed by atoms with Gasteiger partial charge in [0.25, 0.3) is 5.91 Å². The molecular formula is C25H24N4O6. The smallest absolute Gasteiger partial charge is 0.412 e. The van der Waals surface area contributed by atoms with Crippen LogP contribution in [0, 0.1) is 0 Å². The van der Waals surface area contributed by atoms with E-state index in [4.69, 9.17) is 4.74 Å². The number of β-amino-alcohol motifs (C(OH)–C–C–N with tert-alkyl or cyclic N) is 1. The van der Waals surface area contributed by atoms with Crippen molar-refractivity contribution in [1.82, 2.24) is 14.7 Å². The van der Waals surface area contributed by atoms with Crippen molar-refractivity contribution in [3.05, 3.63) is 71.4 Å². The van der Waals surface area contributed by atoms with Gasteiger partial charge in [0, 0.05) is 32.0 Å². The summed E-state index contributed by atoms with van der Waals surface area (Å²) in [5, 5.41) is 25.9. The van der Waals surface area contributed by atoms with Crippen LogP contribution in [0.15, 0.2) is 54.6 Å². The molecule has 0 unspecified atom stereocenters. The number of amides is 2. The lowest BCUT2D eigenvalue weighted by molar-refractivity contribution is -0.141. The fourth-order valence-corrected chi connectivity index (χ4v) is 4.89. The van der Waals surface area contributed by atoms with Crippen LogP contribution in [0.4, 0.5) is 10.6 Å². The van der Waals surface area contributed by atoms with E-state index in [0.717, 1.165) is 27.2 Å². The van der Waals surface area contributed by atoms with E-state index >= 15 is 0 Å². The number of aromatic nitrogens is 2. The summed E-state index contributed by atoms with van der Waals surface area (Å²) in [4.78, 5) is 38.0. The second-order valence-electron chi connectivity index (χ2n) is 8.69. The normalized spacial score (nSPS) is 18.7. The predicted octanol–water partition coefficient (Wildman–Crippen LogP) is 2.44. The molecule has 2 atom stereocenters. The van der Waals surface area contributed by atoms with E-state index < -0.39 is 30.1 Å². The van der Waals surface area contributed by atoms with Crippen LogP contribution >= 0.6 is 0 Å². The summed E-state index contributed by atoms with van der Waals surface area (Å²) in [5.41, 5.74) is 4.51. The largest absolute Gasteiger partial charge is 0.480 e. The Hall–Kier alpha value is -4.18. The number of likely N-dealkylation sites (tertiary alicyclic amines) is 1. The Bertz CT molecular complexity index is 1270. The molecule has 10 nitrogen and oxygen atoms in total. The van der Waals surface area contributed by atoms with Crippen molar-refractivity contribution in [2.24, 2.45) is 7.05 Å². The summed E-state index contributed by atoms with van der Waals surface area (Å²) in [6.45, 7) is 0.0422. The number of ether oxygens (including phenoxy) is 1. The lowest BCUT2D eigenvalue weighted by Crippen LogP contribution is -2.41. The minimum atomic E-state index is -1.19. The third kappa shape index (κ3) is 4.12. The summed E-state index contributed by atoms with van der Waals surface area (Å²) < 4.78 is 6.77. The number of nitrogens with one attached hydrogen (secondary N) is 1. The number of carboxylic acids is 1. The van der Waals surface area contributed by atoms with Gasteiger partial charge in [-0.05, 0) is 22.3 Å². The molecule has 2 aromatic carbocycles. The van der Waals surface area contributed by atoms with Crippen LogP contribution in [-0.2, 0) is 16.6 Å². The Balaban J connectivity index is 1.26. The number of nitrogens with zero attached hydrogens (tertiary/aromatic N) is 3. The number of benzene rings is 2. The average Bonchev–Trinajstić information content (AvgIpc) is 3.50. The molecule has 3 aromatic rings. The third-order valence-corrected chi connectivity index (χ3v) is 6.50. The maximum absolute atomic E-state index is 12.9. The number of aliphatic hydroxyl groups is 1. The molecule has 2 amide bonds. The van der Waals surface area contributed by atoms with Gasteiger partial charge in [-0.1, -0.05) is 48.5 Å². The lowest BCUT2D eigenvalue weighted by atomic mass is 9.98. The number of carbonyl (C=O) groups excluding carboxylic acids is 2. The summed E-state index contributed by atoms with van der Waals surface area (Å²) in [6, 6.07) is 16.3. The molecule has 1 fully saturated rings. The van der Waals surface area contributed by atoms with Crippen molar-refractivity contribution in [3.8, 4) is 11.1 Å². The van der Waals surface area contributed by atoms with E-state index in [0.29, 0.717) is 0 Å². The fraction of sp³-hybridized carbons (Fsp3) is 0.280. The number of carbonyl (C=O) groups is 3. The number of anilines is 1. The molecular weight excluding hydrogens is 452 g/mol. The summed E-state index contributed by atoms with van der Waals surface area (Å²) >= 11 is 0. The molecule has 0 saturated carbocycles. The van der Waals surface area contributed by atoms with Gasteiger partial charge in [-0.15, -0.1) is 0 Å². The highest BCUT2D eigenvalue weighted by molar-refractivity contribution is 5.97. The number of aryl methyl sites for hydroxylation is 1. The van der Waals surface area contributed by atoms with Crippen molar-refractivity contribution in [2.75, 3.05) is 18.5 Å². The highest BCUT2D eigenvalue weighted by Crippen LogP contribution is 2.44. The van der Waals surface area contributed by atoms with Crippen LogP contribution in [0.2, 0.25) is 0 Å². The van der Waals surface area contributed by atoms with E-state index in [1.165, 1.54) is 17.8 Å². The first kappa shape index (κ1) is 22.6. The molecule has 0 radical (unpaired) electrons. The maximum atomic E-state index is 12.9. The Morgan fingerprint density at radius 1 is 1.09 bits per heavy atom. The third-order valence-electron chi connectivity index (χ3n) is 6.50. The minimum absolute atomic E-state index is 0.0379. The first-order valence-corrected chi connectivity index (χ1v) is 11.2.